The predicted molar refractivity (Wildman–Crippen MR) is 128 cm³/mol. The Hall–Kier alpha value is -3.48. The minimum absolute atomic E-state index is 0.141. The number of rotatable bonds is 4. The van der Waals surface area contributed by atoms with Crippen molar-refractivity contribution < 1.29 is 13.6 Å². The lowest BCUT2D eigenvalue weighted by Crippen LogP contribution is -2.45. The van der Waals surface area contributed by atoms with Crippen molar-refractivity contribution in [1.82, 2.24) is 19.7 Å². The molecule has 0 spiro atoms. The van der Waals surface area contributed by atoms with Crippen molar-refractivity contribution in [3.05, 3.63) is 83.3 Å². The van der Waals surface area contributed by atoms with E-state index in [1.165, 1.54) is 17.0 Å². The SMILES string of the molecule is BC1(B)c2ncccc2C(=O)N1Cc1c(F)cc(-c2cccc3nn(C(C)C)cc23)cc1F. The van der Waals surface area contributed by atoms with Gasteiger partial charge in [-0.1, -0.05) is 12.1 Å². The lowest BCUT2D eigenvalue weighted by atomic mass is 9.59. The van der Waals surface area contributed by atoms with E-state index in [0.29, 0.717) is 22.4 Å². The molecular formula is C24H22B2F2N4O. The van der Waals surface area contributed by atoms with Gasteiger partial charge in [0.2, 0.25) is 0 Å². The summed E-state index contributed by atoms with van der Waals surface area (Å²) in [5.74, 6) is -1.66. The molecule has 0 N–H and O–H groups in total. The first-order chi connectivity index (χ1) is 15.7. The quantitative estimate of drug-likeness (QED) is 0.457. The van der Waals surface area contributed by atoms with Crippen LogP contribution in [0.2, 0.25) is 0 Å². The second-order valence-corrected chi connectivity index (χ2v) is 9.21. The summed E-state index contributed by atoms with van der Waals surface area (Å²) in [6.07, 6.45) is 3.52. The molecule has 0 saturated carbocycles. The van der Waals surface area contributed by atoms with Crippen LogP contribution in [0.1, 0.15) is 41.5 Å². The highest BCUT2D eigenvalue weighted by molar-refractivity contribution is 6.42. The minimum Gasteiger partial charge on any atom is -0.339 e. The van der Waals surface area contributed by atoms with Crippen molar-refractivity contribution in [2.75, 3.05) is 0 Å². The summed E-state index contributed by atoms with van der Waals surface area (Å²) >= 11 is 0. The highest BCUT2D eigenvalue weighted by Crippen LogP contribution is 2.36. The van der Waals surface area contributed by atoms with Gasteiger partial charge in [-0.2, -0.15) is 5.10 Å². The van der Waals surface area contributed by atoms with E-state index in [0.717, 1.165) is 10.9 Å². The molecule has 0 atom stereocenters. The molecule has 0 saturated heterocycles. The van der Waals surface area contributed by atoms with Gasteiger partial charge in [-0.05, 0) is 55.3 Å². The molecule has 1 amide bonds. The van der Waals surface area contributed by atoms with Crippen molar-refractivity contribution in [3.63, 3.8) is 0 Å². The second kappa shape index (κ2) is 7.54. The Morgan fingerprint density at radius 2 is 1.76 bits per heavy atom. The molecule has 1 aliphatic rings. The number of carbonyl (C=O) groups is 1. The monoisotopic (exact) mass is 442 g/mol. The number of pyridine rings is 1. The summed E-state index contributed by atoms with van der Waals surface area (Å²) < 4.78 is 32.4. The fourth-order valence-corrected chi connectivity index (χ4v) is 4.51. The van der Waals surface area contributed by atoms with E-state index in [1.54, 1.807) is 18.3 Å². The maximum absolute atomic E-state index is 15.3. The van der Waals surface area contributed by atoms with E-state index in [9.17, 15) is 4.79 Å². The lowest BCUT2D eigenvalue weighted by molar-refractivity contribution is 0.0727. The van der Waals surface area contributed by atoms with Gasteiger partial charge in [0, 0.05) is 34.7 Å². The molecule has 0 bridgehead atoms. The van der Waals surface area contributed by atoms with Crippen molar-refractivity contribution in [1.29, 1.82) is 0 Å². The topological polar surface area (TPSA) is 51.0 Å². The molecule has 164 valence electrons. The number of nitrogens with zero attached hydrogens (tertiary/aromatic N) is 4. The van der Waals surface area contributed by atoms with Gasteiger partial charge in [-0.15, -0.1) is 0 Å². The van der Waals surface area contributed by atoms with Crippen LogP contribution < -0.4 is 0 Å². The van der Waals surface area contributed by atoms with Crippen LogP contribution in [0, 0.1) is 11.6 Å². The van der Waals surface area contributed by atoms with Gasteiger partial charge in [-0.25, -0.2) is 8.78 Å². The van der Waals surface area contributed by atoms with E-state index in [1.807, 2.05) is 58.6 Å². The number of aromatic nitrogens is 3. The Morgan fingerprint density at radius 3 is 2.42 bits per heavy atom. The van der Waals surface area contributed by atoms with E-state index >= 15 is 8.78 Å². The van der Waals surface area contributed by atoms with E-state index in [2.05, 4.69) is 10.1 Å². The smallest absolute Gasteiger partial charge is 0.255 e. The molecule has 2 aromatic heterocycles. The summed E-state index contributed by atoms with van der Waals surface area (Å²) in [6, 6.07) is 11.8. The van der Waals surface area contributed by atoms with Gasteiger partial charge in [-0.3, -0.25) is 14.5 Å². The molecule has 4 aromatic rings. The van der Waals surface area contributed by atoms with Crippen LogP contribution in [0.3, 0.4) is 0 Å². The van der Waals surface area contributed by atoms with Crippen molar-refractivity contribution in [3.8, 4) is 11.1 Å². The summed E-state index contributed by atoms with van der Waals surface area (Å²) in [7, 11) is 3.67. The molecule has 9 heteroatoms. The molecular weight excluding hydrogens is 420 g/mol. The van der Waals surface area contributed by atoms with Crippen LogP contribution in [0.25, 0.3) is 22.0 Å². The molecule has 0 radical (unpaired) electrons. The Labute approximate surface area is 192 Å². The van der Waals surface area contributed by atoms with Crippen LogP contribution in [0.5, 0.6) is 0 Å². The molecule has 0 fully saturated rings. The highest BCUT2D eigenvalue weighted by Gasteiger charge is 2.44. The zero-order valence-electron chi connectivity index (χ0n) is 18.9. The molecule has 0 aliphatic carbocycles. The number of halogens is 2. The predicted octanol–water partition coefficient (Wildman–Crippen LogP) is 2.99. The van der Waals surface area contributed by atoms with E-state index in [-0.39, 0.29) is 24.1 Å². The van der Waals surface area contributed by atoms with Gasteiger partial charge in [0.25, 0.3) is 5.91 Å². The number of hydrogen-bond acceptors (Lipinski definition) is 3. The molecule has 1 aliphatic heterocycles. The number of amides is 1. The standard InChI is InChI=1S/C24H22B2F2N4O/c1-13(2)32-12-17-15(5-3-7-21(17)30-32)14-9-19(27)18(20(28)10-14)11-31-23(33)16-6-4-8-29-22(16)24(31,25)26/h3-10,12-13H,11,25-26H2,1-2H3. The third-order valence-corrected chi connectivity index (χ3v) is 6.40. The van der Waals surface area contributed by atoms with E-state index in [4.69, 9.17) is 0 Å². The normalized spacial score (nSPS) is 14.9. The number of carbonyl (C=O) groups excluding carboxylic acids is 1. The molecule has 2 aromatic carbocycles. The van der Waals surface area contributed by atoms with Gasteiger partial charge >= 0.3 is 0 Å². The maximum atomic E-state index is 15.3. The molecule has 5 rings (SSSR count). The highest BCUT2D eigenvalue weighted by atomic mass is 19.1. The average Bonchev–Trinajstić information content (AvgIpc) is 3.29. The zero-order chi connectivity index (χ0) is 23.5. The number of hydrogen-bond donors (Lipinski definition) is 0. The summed E-state index contributed by atoms with van der Waals surface area (Å²) in [4.78, 5) is 18.8. The minimum atomic E-state index is -0.776. The van der Waals surface area contributed by atoms with E-state index < -0.39 is 17.0 Å². The summed E-state index contributed by atoms with van der Waals surface area (Å²) in [5.41, 5.74) is 2.84. The molecule has 3 heterocycles. The first-order valence-electron chi connectivity index (χ1n) is 10.9. The van der Waals surface area contributed by atoms with Gasteiger partial charge < -0.3 is 4.90 Å². The van der Waals surface area contributed by atoms with Crippen molar-refractivity contribution in [2.45, 2.75) is 31.8 Å². The molecule has 5 nitrogen and oxygen atoms in total. The Bertz CT molecular complexity index is 1390. The molecule has 0 unspecified atom stereocenters. The first kappa shape index (κ1) is 21.4. The zero-order valence-corrected chi connectivity index (χ0v) is 18.9. The Balaban J connectivity index is 1.54. The molecule has 33 heavy (non-hydrogen) atoms. The first-order valence-corrected chi connectivity index (χ1v) is 10.9. The number of benzene rings is 2. The van der Waals surface area contributed by atoms with Gasteiger partial charge in [0.15, 0.2) is 0 Å². The van der Waals surface area contributed by atoms with Gasteiger partial charge in [0.05, 0.1) is 23.3 Å². The maximum Gasteiger partial charge on any atom is 0.255 e. The Kier molecular flexibility index (Phi) is 4.88. The van der Waals surface area contributed by atoms with Crippen molar-refractivity contribution in [2.24, 2.45) is 0 Å². The fourth-order valence-electron chi connectivity index (χ4n) is 4.51. The largest absolute Gasteiger partial charge is 0.339 e. The summed E-state index contributed by atoms with van der Waals surface area (Å²) in [6.45, 7) is 3.86. The second-order valence-electron chi connectivity index (χ2n) is 9.21. The van der Waals surface area contributed by atoms with Crippen LogP contribution in [0.15, 0.2) is 54.9 Å². The van der Waals surface area contributed by atoms with Gasteiger partial charge in [0.1, 0.15) is 27.3 Å². The lowest BCUT2D eigenvalue weighted by Gasteiger charge is -2.32. The third-order valence-electron chi connectivity index (χ3n) is 6.40. The Morgan fingerprint density at radius 1 is 1.06 bits per heavy atom. The van der Waals surface area contributed by atoms with Crippen LogP contribution in [0.4, 0.5) is 8.78 Å². The van der Waals surface area contributed by atoms with Crippen LogP contribution >= 0.6 is 0 Å². The fraction of sp³-hybridized carbons (Fsp3) is 0.208. The van der Waals surface area contributed by atoms with Crippen LogP contribution in [-0.2, 0) is 11.9 Å². The average molecular weight is 442 g/mol. The van der Waals surface area contributed by atoms with Crippen LogP contribution in [-0.4, -0.2) is 41.3 Å². The van der Waals surface area contributed by atoms with Crippen molar-refractivity contribution >= 4 is 32.5 Å². The third kappa shape index (κ3) is 3.34. The number of fused-ring (bicyclic) bond motifs is 2. The summed E-state index contributed by atoms with van der Waals surface area (Å²) in [5, 5.41) is 4.61.